The second kappa shape index (κ2) is 10.1. The van der Waals surface area contributed by atoms with E-state index in [2.05, 4.69) is 10.2 Å². The van der Waals surface area contributed by atoms with Gasteiger partial charge in [0.05, 0.1) is 27.0 Å². The van der Waals surface area contributed by atoms with Crippen LogP contribution in [0.5, 0.6) is 17.2 Å². The van der Waals surface area contributed by atoms with Crippen molar-refractivity contribution in [2.45, 2.75) is 50.6 Å². The monoisotopic (exact) mass is 514 g/mol. The summed E-state index contributed by atoms with van der Waals surface area (Å²) in [5.74, 6) is 1.41. The number of hydrogen-bond donors (Lipinski definition) is 1. The van der Waals surface area contributed by atoms with Crippen LogP contribution in [0.25, 0.3) is 0 Å². The Morgan fingerprint density at radius 1 is 1.03 bits per heavy atom. The van der Waals surface area contributed by atoms with Crippen molar-refractivity contribution in [1.82, 2.24) is 15.1 Å². The molecule has 5 amide bonds. The molecule has 0 aromatic heterocycles. The molecule has 37 heavy (non-hydrogen) atoms. The van der Waals surface area contributed by atoms with Crippen molar-refractivity contribution < 1.29 is 33.4 Å². The highest BCUT2D eigenvalue weighted by atomic mass is 16.5. The normalized spacial score (nSPS) is 27.1. The Labute approximate surface area is 216 Å². The van der Waals surface area contributed by atoms with Crippen LogP contribution in [0, 0.1) is 11.8 Å². The Bertz CT molecular complexity index is 1080. The van der Waals surface area contributed by atoms with Crippen molar-refractivity contribution in [2.75, 3.05) is 45.9 Å². The van der Waals surface area contributed by atoms with Crippen LogP contribution in [0.3, 0.4) is 0 Å². The molecule has 5 rings (SSSR count). The molecule has 11 heteroatoms. The van der Waals surface area contributed by atoms with Gasteiger partial charge in [0.25, 0.3) is 5.91 Å². The van der Waals surface area contributed by atoms with E-state index < -0.39 is 18.0 Å². The van der Waals surface area contributed by atoms with Crippen molar-refractivity contribution in [2.24, 2.45) is 11.8 Å². The molecule has 0 radical (unpaired) electrons. The van der Waals surface area contributed by atoms with Crippen molar-refractivity contribution in [3.63, 3.8) is 0 Å². The van der Waals surface area contributed by atoms with Crippen molar-refractivity contribution in [3.05, 3.63) is 12.1 Å². The van der Waals surface area contributed by atoms with Crippen LogP contribution in [-0.2, 0) is 14.4 Å². The largest absolute Gasteiger partial charge is 0.493 e. The molecule has 1 aromatic rings. The Hall–Kier alpha value is -3.50. The summed E-state index contributed by atoms with van der Waals surface area (Å²) in [4.78, 5) is 56.4. The van der Waals surface area contributed by atoms with Gasteiger partial charge in [-0.3, -0.25) is 14.4 Å². The van der Waals surface area contributed by atoms with Gasteiger partial charge in [-0.25, -0.2) is 9.69 Å². The number of amides is 5. The average molecular weight is 515 g/mol. The van der Waals surface area contributed by atoms with E-state index in [4.69, 9.17) is 14.2 Å². The molecule has 4 heterocycles. The summed E-state index contributed by atoms with van der Waals surface area (Å²) in [6.07, 6.45) is 3.98. The summed E-state index contributed by atoms with van der Waals surface area (Å²) in [7, 11) is 4.39. The number of nitrogens with one attached hydrogen (secondary N) is 1. The standard InChI is InChI=1S/C26H34N4O7/c1-35-20-10-17(11-21(36-2)24(20)37-3)30-25(33)18(27-26(30)34)7-8-22(31)28-12-15-9-16(14-28)19-5-4-6-23(32)29(19)13-15/h10-11,15-16,18-19H,4-9,12-14H2,1-3H3,(H,27,34). The Balaban J connectivity index is 1.22. The minimum atomic E-state index is -0.800. The number of imide groups is 1. The average Bonchev–Trinajstić information content (AvgIpc) is 3.19. The maximum absolute atomic E-state index is 13.2. The lowest BCUT2D eigenvalue weighted by Gasteiger charge is -2.52. The third-order valence-corrected chi connectivity index (χ3v) is 8.11. The quantitative estimate of drug-likeness (QED) is 0.551. The van der Waals surface area contributed by atoms with Gasteiger partial charge in [0, 0.05) is 50.7 Å². The van der Waals surface area contributed by atoms with E-state index in [0.717, 1.165) is 30.7 Å². The number of rotatable bonds is 7. The van der Waals surface area contributed by atoms with Gasteiger partial charge in [-0.2, -0.15) is 0 Å². The lowest BCUT2D eigenvalue weighted by molar-refractivity contribution is -0.148. The van der Waals surface area contributed by atoms with E-state index in [-0.39, 0.29) is 30.7 Å². The third-order valence-electron chi connectivity index (χ3n) is 8.11. The zero-order valence-corrected chi connectivity index (χ0v) is 21.5. The van der Waals surface area contributed by atoms with Gasteiger partial charge in [-0.05, 0) is 37.5 Å². The number of carbonyl (C=O) groups is 4. The summed E-state index contributed by atoms with van der Waals surface area (Å²) in [5.41, 5.74) is 0.293. The second-order valence-corrected chi connectivity index (χ2v) is 10.3. The lowest BCUT2D eigenvalue weighted by Crippen LogP contribution is -2.61. The maximum atomic E-state index is 13.2. The van der Waals surface area contributed by atoms with Crippen LogP contribution in [0.1, 0.15) is 38.5 Å². The van der Waals surface area contributed by atoms with Crippen molar-refractivity contribution in [3.8, 4) is 17.2 Å². The summed E-state index contributed by atoms with van der Waals surface area (Å²) >= 11 is 0. The molecule has 0 saturated carbocycles. The molecule has 11 nitrogen and oxygen atoms in total. The number of ether oxygens (including phenoxy) is 3. The summed E-state index contributed by atoms with van der Waals surface area (Å²) in [5, 5.41) is 2.71. The lowest BCUT2D eigenvalue weighted by atomic mass is 9.76. The molecular weight excluding hydrogens is 480 g/mol. The van der Waals surface area contributed by atoms with Crippen LogP contribution in [0.15, 0.2) is 12.1 Å². The zero-order valence-electron chi connectivity index (χ0n) is 21.5. The highest BCUT2D eigenvalue weighted by Crippen LogP contribution is 2.42. The van der Waals surface area contributed by atoms with E-state index in [1.807, 2.05) is 4.90 Å². The fourth-order valence-electron chi connectivity index (χ4n) is 6.41. The Morgan fingerprint density at radius 3 is 2.43 bits per heavy atom. The highest BCUT2D eigenvalue weighted by Gasteiger charge is 2.45. The van der Waals surface area contributed by atoms with E-state index >= 15 is 0 Å². The van der Waals surface area contributed by atoms with E-state index in [9.17, 15) is 19.2 Å². The molecular formula is C26H34N4O7. The smallest absolute Gasteiger partial charge is 0.329 e. The predicted octanol–water partition coefficient (Wildman–Crippen LogP) is 1.78. The number of carbonyl (C=O) groups excluding carboxylic acids is 4. The minimum absolute atomic E-state index is 0.0152. The highest BCUT2D eigenvalue weighted by molar-refractivity contribution is 6.21. The SMILES string of the molecule is COc1cc(N2C(=O)NC(CCC(=O)N3CC4CC(C3)C3CCCC(=O)N3C4)C2=O)cc(OC)c1OC. The topological polar surface area (TPSA) is 118 Å². The predicted molar refractivity (Wildman–Crippen MR) is 133 cm³/mol. The first-order valence-corrected chi connectivity index (χ1v) is 12.9. The minimum Gasteiger partial charge on any atom is -0.493 e. The molecule has 1 aromatic carbocycles. The van der Waals surface area contributed by atoms with Crippen LogP contribution in [0.4, 0.5) is 10.5 Å². The number of hydrogen-bond acceptors (Lipinski definition) is 7. The maximum Gasteiger partial charge on any atom is 0.329 e. The van der Waals surface area contributed by atoms with Crippen LogP contribution < -0.4 is 24.4 Å². The van der Waals surface area contributed by atoms with Gasteiger partial charge in [-0.1, -0.05) is 0 Å². The number of urea groups is 1. The first-order valence-electron chi connectivity index (χ1n) is 12.9. The van der Waals surface area contributed by atoms with E-state index in [1.165, 1.54) is 33.5 Å². The number of benzene rings is 1. The van der Waals surface area contributed by atoms with Crippen LogP contribution >= 0.6 is 0 Å². The molecule has 4 saturated heterocycles. The molecule has 0 spiro atoms. The fraction of sp³-hybridized carbons (Fsp3) is 0.615. The molecule has 4 aliphatic rings. The molecule has 2 bridgehead atoms. The molecule has 4 atom stereocenters. The number of likely N-dealkylation sites (tertiary alicyclic amines) is 1. The van der Waals surface area contributed by atoms with Gasteiger partial charge in [0.2, 0.25) is 17.6 Å². The zero-order chi connectivity index (χ0) is 26.3. The molecule has 4 fully saturated rings. The number of anilines is 1. The molecule has 0 aliphatic carbocycles. The summed E-state index contributed by atoms with van der Waals surface area (Å²) in [6.45, 7) is 2.01. The van der Waals surface area contributed by atoms with Gasteiger partial charge >= 0.3 is 6.03 Å². The van der Waals surface area contributed by atoms with E-state index in [1.54, 1.807) is 0 Å². The van der Waals surface area contributed by atoms with Gasteiger partial charge in [0.15, 0.2) is 11.5 Å². The third kappa shape index (κ3) is 4.55. The number of fused-ring (bicyclic) bond motifs is 4. The Kier molecular flexibility index (Phi) is 6.87. The van der Waals surface area contributed by atoms with E-state index in [0.29, 0.717) is 54.3 Å². The number of methoxy groups -OCH3 is 3. The molecule has 200 valence electrons. The van der Waals surface area contributed by atoms with Crippen molar-refractivity contribution in [1.29, 1.82) is 0 Å². The molecule has 4 unspecified atom stereocenters. The Morgan fingerprint density at radius 2 is 1.76 bits per heavy atom. The number of piperidine rings is 3. The summed E-state index contributed by atoms with van der Waals surface area (Å²) < 4.78 is 16.0. The van der Waals surface area contributed by atoms with Crippen LogP contribution in [0.2, 0.25) is 0 Å². The van der Waals surface area contributed by atoms with Gasteiger partial charge in [-0.15, -0.1) is 0 Å². The van der Waals surface area contributed by atoms with Gasteiger partial charge in [0.1, 0.15) is 6.04 Å². The van der Waals surface area contributed by atoms with Gasteiger partial charge < -0.3 is 29.3 Å². The fourth-order valence-corrected chi connectivity index (χ4v) is 6.41. The first kappa shape index (κ1) is 25.2. The van der Waals surface area contributed by atoms with Crippen molar-refractivity contribution >= 4 is 29.4 Å². The second-order valence-electron chi connectivity index (χ2n) is 10.3. The van der Waals surface area contributed by atoms with Crippen LogP contribution in [-0.4, -0.2) is 86.6 Å². The molecule has 4 aliphatic heterocycles. The molecule has 1 N–H and O–H groups in total. The first-order chi connectivity index (χ1) is 17.8. The summed E-state index contributed by atoms with van der Waals surface area (Å²) in [6, 6.07) is 1.95. The number of nitrogens with zero attached hydrogens (tertiary/aromatic N) is 3.